The third-order valence-corrected chi connectivity index (χ3v) is 5.17. The molecule has 0 aliphatic carbocycles. The Morgan fingerprint density at radius 2 is 2.07 bits per heavy atom. The smallest absolute Gasteiger partial charge is 0.194 e. The number of guanidine groups is 1. The fourth-order valence-electron chi connectivity index (χ4n) is 3.67. The number of hydrogen-bond acceptors (Lipinski definition) is 4. The van der Waals surface area contributed by atoms with E-state index in [0.29, 0.717) is 12.5 Å². The van der Waals surface area contributed by atoms with Crippen molar-refractivity contribution in [3.63, 3.8) is 0 Å². The molecule has 1 N–H and O–H groups in total. The van der Waals surface area contributed by atoms with Gasteiger partial charge in [-0.25, -0.2) is 0 Å². The number of likely N-dealkylation sites (N-methyl/N-ethyl adjacent to an activating group) is 1. The van der Waals surface area contributed by atoms with Gasteiger partial charge in [-0.15, -0.1) is 24.0 Å². The predicted molar refractivity (Wildman–Crippen MR) is 124 cm³/mol. The largest absolute Gasteiger partial charge is 0.376 e. The molecular weight excluding hydrogens is 467 g/mol. The van der Waals surface area contributed by atoms with Gasteiger partial charge in [0.25, 0.3) is 0 Å². The third kappa shape index (κ3) is 7.50. The van der Waals surface area contributed by atoms with E-state index in [0.717, 1.165) is 64.9 Å². The van der Waals surface area contributed by atoms with Crippen LogP contribution in [0.1, 0.15) is 18.9 Å². The molecule has 158 valence electrons. The average Bonchev–Trinajstić information content (AvgIpc) is 3.15. The molecule has 6 nitrogen and oxygen atoms in total. The number of nitrogens with one attached hydrogen (secondary N) is 1. The highest BCUT2D eigenvalue weighted by Crippen LogP contribution is 2.17. The van der Waals surface area contributed by atoms with Crippen molar-refractivity contribution >= 4 is 29.9 Å². The summed E-state index contributed by atoms with van der Waals surface area (Å²) in [5.74, 6) is 1.58. The van der Waals surface area contributed by atoms with Crippen molar-refractivity contribution in [2.75, 3.05) is 59.5 Å². The first-order valence-corrected chi connectivity index (χ1v) is 10.2. The zero-order chi connectivity index (χ0) is 18.9. The van der Waals surface area contributed by atoms with Crippen LogP contribution in [0.4, 0.5) is 0 Å². The molecule has 0 bridgehead atoms. The lowest BCUT2D eigenvalue weighted by molar-refractivity contribution is -0.0137. The van der Waals surface area contributed by atoms with E-state index in [1.807, 2.05) is 6.07 Å². The summed E-state index contributed by atoms with van der Waals surface area (Å²) in [5, 5.41) is 3.44. The van der Waals surface area contributed by atoms with E-state index in [2.05, 4.69) is 53.4 Å². The van der Waals surface area contributed by atoms with E-state index < -0.39 is 0 Å². The number of nitrogens with zero attached hydrogens (tertiary/aromatic N) is 3. The Morgan fingerprint density at radius 3 is 2.82 bits per heavy atom. The molecule has 7 heteroatoms. The fraction of sp³-hybridized carbons (Fsp3) is 0.667. The van der Waals surface area contributed by atoms with Crippen molar-refractivity contribution in [2.45, 2.75) is 26.1 Å². The molecule has 0 amide bonds. The second-order valence-corrected chi connectivity index (χ2v) is 7.55. The van der Waals surface area contributed by atoms with Crippen LogP contribution in [0.2, 0.25) is 0 Å². The van der Waals surface area contributed by atoms with Crippen LogP contribution in [-0.2, 0) is 16.1 Å². The Morgan fingerprint density at radius 1 is 1.25 bits per heavy atom. The second kappa shape index (κ2) is 12.6. The molecule has 2 aliphatic rings. The molecule has 2 atom stereocenters. The molecule has 2 unspecified atom stereocenters. The van der Waals surface area contributed by atoms with E-state index in [1.54, 1.807) is 0 Å². The first kappa shape index (κ1) is 23.4. The molecule has 0 aromatic heterocycles. The van der Waals surface area contributed by atoms with Crippen molar-refractivity contribution in [3.8, 4) is 0 Å². The van der Waals surface area contributed by atoms with Gasteiger partial charge in [-0.05, 0) is 26.0 Å². The van der Waals surface area contributed by atoms with Gasteiger partial charge >= 0.3 is 0 Å². The molecule has 0 radical (unpaired) electrons. The summed E-state index contributed by atoms with van der Waals surface area (Å²) in [6.45, 7) is 10.0. The van der Waals surface area contributed by atoms with E-state index in [4.69, 9.17) is 14.5 Å². The van der Waals surface area contributed by atoms with Crippen LogP contribution >= 0.6 is 24.0 Å². The van der Waals surface area contributed by atoms with Crippen molar-refractivity contribution in [1.82, 2.24) is 15.1 Å². The Bertz CT molecular complexity index is 587. The maximum Gasteiger partial charge on any atom is 0.194 e. The van der Waals surface area contributed by atoms with Crippen LogP contribution in [0.25, 0.3) is 0 Å². The Hall–Kier alpha value is -0.900. The molecule has 2 heterocycles. The molecule has 28 heavy (non-hydrogen) atoms. The van der Waals surface area contributed by atoms with E-state index in [-0.39, 0.29) is 30.1 Å². The van der Waals surface area contributed by atoms with Gasteiger partial charge in [0.05, 0.1) is 32.5 Å². The third-order valence-electron chi connectivity index (χ3n) is 5.17. The second-order valence-electron chi connectivity index (χ2n) is 7.55. The van der Waals surface area contributed by atoms with Crippen LogP contribution in [0.3, 0.4) is 0 Å². The maximum atomic E-state index is 5.95. The SMILES string of the molecule is CCNC(=NCC1CN(C)CCO1)N1CCC(COCc2ccccc2)C1.I. The Kier molecular flexibility index (Phi) is 10.5. The predicted octanol–water partition coefficient (Wildman–Crippen LogP) is 2.44. The molecule has 2 fully saturated rings. The normalized spacial score (nSPS) is 23.5. The van der Waals surface area contributed by atoms with Gasteiger partial charge in [-0.3, -0.25) is 4.99 Å². The number of hydrogen-bond donors (Lipinski definition) is 1. The number of rotatable bonds is 7. The first-order valence-electron chi connectivity index (χ1n) is 10.2. The molecule has 0 saturated carbocycles. The van der Waals surface area contributed by atoms with Crippen molar-refractivity contribution in [1.29, 1.82) is 0 Å². The minimum atomic E-state index is 0. The van der Waals surface area contributed by atoms with Gasteiger partial charge < -0.3 is 24.6 Å². The van der Waals surface area contributed by atoms with Crippen LogP contribution in [-0.4, -0.2) is 81.4 Å². The van der Waals surface area contributed by atoms with Crippen LogP contribution < -0.4 is 5.32 Å². The maximum absolute atomic E-state index is 5.95. The number of morpholine rings is 1. The lowest BCUT2D eigenvalue weighted by Gasteiger charge is -2.29. The minimum absolute atomic E-state index is 0. The van der Waals surface area contributed by atoms with E-state index in [1.165, 1.54) is 5.56 Å². The monoisotopic (exact) mass is 502 g/mol. The summed E-state index contributed by atoms with van der Waals surface area (Å²) in [5.41, 5.74) is 1.24. The quantitative estimate of drug-likeness (QED) is 0.353. The number of likely N-dealkylation sites (tertiary alicyclic amines) is 1. The highest BCUT2D eigenvalue weighted by atomic mass is 127. The standard InChI is InChI=1S/C21H34N4O2.HI/c1-3-22-21(23-13-20-15-24(2)11-12-27-20)25-10-9-19(14-25)17-26-16-18-7-5-4-6-8-18;/h4-8,19-20H,3,9-17H2,1-2H3,(H,22,23);1H. The summed E-state index contributed by atoms with van der Waals surface area (Å²) < 4.78 is 11.8. The van der Waals surface area contributed by atoms with Gasteiger partial charge in [0.1, 0.15) is 0 Å². The van der Waals surface area contributed by atoms with Gasteiger partial charge in [0.15, 0.2) is 5.96 Å². The first-order chi connectivity index (χ1) is 13.2. The molecule has 3 rings (SSSR count). The molecular formula is C21H35IN4O2. The van der Waals surface area contributed by atoms with E-state index in [9.17, 15) is 0 Å². The molecule has 1 aromatic carbocycles. The van der Waals surface area contributed by atoms with Crippen molar-refractivity contribution in [3.05, 3.63) is 35.9 Å². The lowest BCUT2D eigenvalue weighted by atomic mass is 10.1. The van der Waals surface area contributed by atoms with Gasteiger partial charge in [0.2, 0.25) is 0 Å². The molecule has 0 spiro atoms. The summed E-state index contributed by atoms with van der Waals surface area (Å²) in [6.07, 6.45) is 1.35. The van der Waals surface area contributed by atoms with Crippen LogP contribution in [0.15, 0.2) is 35.3 Å². The Balaban J connectivity index is 0.00000280. The summed E-state index contributed by atoms with van der Waals surface area (Å²) in [4.78, 5) is 9.53. The highest BCUT2D eigenvalue weighted by Gasteiger charge is 2.25. The van der Waals surface area contributed by atoms with Gasteiger partial charge in [-0.1, -0.05) is 30.3 Å². The minimum Gasteiger partial charge on any atom is -0.376 e. The molecule has 1 aromatic rings. The summed E-state index contributed by atoms with van der Waals surface area (Å²) in [7, 11) is 2.14. The fourth-order valence-corrected chi connectivity index (χ4v) is 3.67. The average molecular weight is 502 g/mol. The molecule has 2 saturated heterocycles. The zero-order valence-corrected chi connectivity index (χ0v) is 19.5. The topological polar surface area (TPSA) is 49.3 Å². The number of halogens is 1. The van der Waals surface area contributed by atoms with Crippen LogP contribution in [0.5, 0.6) is 0 Å². The van der Waals surface area contributed by atoms with Crippen molar-refractivity contribution in [2.24, 2.45) is 10.9 Å². The summed E-state index contributed by atoms with van der Waals surface area (Å²) >= 11 is 0. The lowest BCUT2D eigenvalue weighted by Crippen LogP contribution is -2.44. The van der Waals surface area contributed by atoms with Crippen LogP contribution in [0, 0.1) is 5.92 Å². The zero-order valence-electron chi connectivity index (χ0n) is 17.2. The van der Waals surface area contributed by atoms with Gasteiger partial charge in [0, 0.05) is 38.6 Å². The summed E-state index contributed by atoms with van der Waals surface area (Å²) in [6, 6.07) is 10.4. The van der Waals surface area contributed by atoms with Crippen molar-refractivity contribution < 1.29 is 9.47 Å². The number of benzene rings is 1. The Labute approximate surface area is 186 Å². The highest BCUT2D eigenvalue weighted by molar-refractivity contribution is 14.0. The molecule has 2 aliphatic heterocycles. The number of ether oxygens (including phenoxy) is 2. The van der Waals surface area contributed by atoms with E-state index >= 15 is 0 Å². The number of aliphatic imine (C=N–C) groups is 1. The van der Waals surface area contributed by atoms with Gasteiger partial charge in [-0.2, -0.15) is 0 Å².